The number of ether oxygens (including phenoxy) is 4. The minimum atomic E-state index is -3.11. The highest BCUT2D eigenvalue weighted by Gasteiger charge is 2.53. The van der Waals surface area contributed by atoms with Crippen molar-refractivity contribution in [3.05, 3.63) is 161 Å². The van der Waals surface area contributed by atoms with Crippen molar-refractivity contribution in [2.75, 3.05) is 13.7 Å². The Kier molecular flexibility index (Phi) is 12.3. The van der Waals surface area contributed by atoms with E-state index in [1.807, 2.05) is 91.0 Å². The summed E-state index contributed by atoms with van der Waals surface area (Å²) in [4.78, 5) is 17.4. The SMILES string of the molecule is COc1ccc(CO[C@H]2[C@H](OC(=O)c3ccccc3-c3ccccc3)[C@@H](CO[Si](c3ccccc3)(c3ccccc3)C(C)(C)C)OC(O)[C@@H]2N=[N+]=[N-])cc1. The van der Waals surface area contributed by atoms with E-state index in [2.05, 4.69) is 55.1 Å². The first kappa shape index (κ1) is 38.5. The predicted molar refractivity (Wildman–Crippen MR) is 210 cm³/mol. The maximum atomic E-state index is 14.3. The molecule has 1 saturated heterocycles. The Labute approximate surface area is 317 Å². The van der Waals surface area contributed by atoms with Crippen LogP contribution in [-0.2, 0) is 25.2 Å². The lowest BCUT2D eigenvalue weighted by Gasteiger charge is -2.46. The molecule has 1 fully saturated rings. The van der Waals surface area contributed by atoms with Crippen LogP contribution in [0.1, 0.15) is 36.7 Å². The standard InChI is InChI=1S/C43H45N3O7Si/c1-43(2,3)54(33-18-10-6-11-19-33,34-20-12-7-13-21-34)51-29-37-39(53-41(47)36-23-15-14-22-35(36)31-16-8-5-9-17-31)40(38(45-46-44)42(48)52-37)50-28-30-24-26-32(49-4)27-25-30/h5-27,37-40,42,48H,28-29H2,1-4H3/t37-,38-,39-,40-,42?/m1/s1. The molecule has 11 heteroatoms. The summed E-state index contributed by atoms with van der Waals surface area (Å²) in [6.07, 6.45) is -4.90. The summed E-state index contributed by atoms with van der Waals surface area (Å²) < 4.78 is 31.7. The first-order valence-corrected chi connectivity index (χ1v) is 19.8. The van der Waals surface area contributed by atoms with Crippen LogP contribution in [0.15, 0.2) is 145 Å². The number of esters is 1. The van der Waals surface area contributed by atoms with E-state index < -0.39 is 44.9 Å². The molecule has 1 N–H and O–H groups in total. The largest absolute Gasteiger partial charge is 0.497 e. The molecule has 0 spiro atoms. The van der Waals surface area contributed by atoms with Crippen LogP contribution in [0.3, 0.4) is 0 Å². The van der Waals surface area contributed by atoms with Crippen LogP contribution in [0.5, 0.6) is 5.75 Å². The monoisotopic (exact) mass is 743 g/mol. The summed E-state index contributed by atoms with van der Waals surface area (Å²) in [6.45, 7) is 6.45. The van der Waals surface area contributed by atoms with Gasteiger partial charge in [0.1, 0.15) is 24.0 Å². The van der Waals surface area contributed by atoms with E-state index >= 15 is 0 Å². The van der Waals surface area contributed by atoms with Gasteiger partial charge in [-0.05, 0) is 55.8 Å². The summed E-state index contributed by atoms with van der Waals surface area (Å²) in [5.74, 6) is 0.0456. The van der Waals surface area contributed by atoms with Gasteiger partial charge in [0.25, 0.3) is 8.32 Å². The fourth-order valence-electron chi connectivity index (χ4n) is 7.16. The average molecular weight is 744 g/mol. The predicted octanol–water partition coefficient (Wildman–Crippen LogP) is 7.45. The number of carbonyl (C=O) groups excluding carboxylic acids is 1. The number of methoxy groups -OCH3 is 1. The molecule has 0 saturated carbocycles. The molecule has 1 heterocycles. The molecule has 1 unspecified atom stereocenters. The molecule has 5 aromatic rings. The quantitative estimate of drug-likeness (QED) is 0.0436. The van der Waals surface area contributed by atoms with Crippen molar-refractivity contribution in [2.24, 2.45) is 5.11 Å². The summed E-state index contributed by atoms with van der Waals surface area (Å²) in [7, 11) is -1.53. The second kappa shape index (κ2) is 17.3. The molecular weight excluding hydrogens is 699 g/mol. The smallest absolute Gasteiger partial charge is 0.339 e. The Morgan fingerprint density at radius 1 is 0.815 bits per heavy atom. The molecule has 10 nitrogen and oxygen atoms in total. The van der Waals surface area contributed by atoms with Gasteiger partial charge in [0.05, 0.1) is 25.9 Å². The maximum absolute atomic E-state index is 14.3. The van der Waals surface area contributed by atoms with Crippen LogP contribution in [0.25, 0.3) is 21.6 Å². The number of aliphatic hydroxyl groups excluding tert-OH is 1. The van der Waals surface area contributed by atoms with Crippen LogP contribution < -0.4 is 15.1 Å². The second-order valence-corrected chi connectivity index (χ2v) is 18.4. The van der Waals surface area contributed by atoms with Crippen LogP contribution in [0.2, 0.25) is 5.04 Å². The molecular formula is C43H45N3O7Si. The summed E-state index contributed by atoms with van der Waals surface area (Å²) in [5, 5.41) is 17.0. The zero-order valence-corrected chi connectivity index (χ0v) is 31.8. The number of carbonyl (C=O) groups is 1. The fraction of sp³-hybridized carbons (Fsp3) is 0.279. The van der Waals surface area contributed by atoms with Crippen molar-refractivity contribution < 1.29 is 33.3 Å². The highest BCUT2D eigenvalue weighted by atomic mass is 28.4. The molecule has 0 amide bonds. The van der Waals surface area contributed by atoms with Gasteiger partial charge in [-0.15, -0.1) is 0 Å². The van der Waals surface area contributed by atoms with Crippen molar-refractivity contribution in [2.45, 2.75) is 63.1 Å². The van der Waals surface area contributed by atoms with Gasteiger partial charge in [0, 0.05) is 4.91 Å². The third-order valence-corrected chi connectivity index (χ3v) is 14.8. The van der Waals surface area contributed by atoms with Crippen molar-refractivity contribution in [3.8, 4) is 16.9 Å². The van der Waals surface area contributed by atoms with E-state index in [0.717, 1.165) is 21.5 Å². The molecule has 54 heavy (non-hydrogen) atoms. The minimum absolute atomic E-state index is 0.0514. The Hall–Kier alpha value is -5.26. The molecule has 5 aromatic carbocycles. The van der Waals surface area contributed by atoms with Crippen LogP contribution in [0.4, 0.5) is 0 Å². The highest BCUT2D eigenvalue weighted by Crippen LogP contribution is 2.38. The molecule has 0 radical (unpaired) electrons. The number of benzene rings is 5. The fourth-order valence-corrected chi connectivity index (χ4v) is 11.7. The molecule has 0 bridgehead atoms. The van der Waals surface area contributed by atoms with Crippen molar-refractivity contribution in [1.29, 1.82) is 0 Å². The Balaban J connectivity index is 1.41. The lowest BCUT2D eigenvalue weighted by molar-refractivity contribution is -0.257. The summed E-state index contributed by atoms with van der Waals surface area (Å²) in [5.41, 5.74) is 12.3. The number of rotatable bonds is 13. The maximum Gasteiger partial charge on any atom is 0.339 e. The Morgan fingerprint density at radius 3 is 1.96 bits per heavy atom. The number of aliphatic hydroxyl groups is 1. The van der Waals surface area contributed by atoms with E-state index in [4.69, 9.17) is 23.4 Å². The lowest BCUT2D eigenvalue weighted by atomic mass is 9.96. The molecule has 0 aromatic heterocycles. The average Bonchev–Trinajstić information content (AvgIpc) is 3.20. The van der Waals surface area contributed by atoms with Crippen molar-refractivity contribution in [3.63, 3.8) is 0 Å². The van der Waals surface area contributed by atoms with E-state index in [1.54, 1.807) is 31.4 Å². The molecule has 278 valence electrons. The van der Waals surface area contributed by atoms with Crippen LogP contribution in [-0.4, -0.2) is 63.8 Å². The third kappa shape index (κ3) is 8.27. The molecule has 5 atom stereocenters. The van der Waals surface area contributed by atoms with E-state index in [0.29, 0.717) is 16.9 Å². The number of nitrogens with zero attached hydrogens (tertiary/aromatic N) is 3. The van der Waals surface area contributed by atoms with Crippen LogP contribution in [0, 0.1) is 0 Å². The summed E-state index contributed by atoms with van der Waals surface area (Å²) >= 11 is 0. The summed E-state index contributed by atoms with van der Waals surface area (Å²) in [6, 6.07) is 43.1. The van der Waals surface area contributed by atoms with Crippen LogP contribution >= 0.6 is 0 Å². The zero-order chi connectivity index (χ0) is 38.1. The van der Waals surface area contributed by atoms with Gasteiger partial charge in [-0.2, -0.15) is 0 Å². The second-order valence-electron chi connectivity index (χ2n) is 14.1. The number of hydrogen-bond acceptors (Lipinski definition) is 8. The van der Waals surface area contributed by atoms with Gasteiger partial charge >= 0.3 is 5.97 Å². The minimum Gasteiger partial charge on any atom is -0.497 e. The van der Waals surface area contributed by atoms with E-state index in [9.17, 15) is 15.4 Å². The van der Waals surface area contributed by atoms with E-state index in [1.165, 1.54) is 0 Å². The zero-order valence-electron chi connectivity index (χ0n) is 30.8. The van der Waals surface area contributed by atoms with Gasteiger partial charge in [0.2, 0.25) is 0 Å². The molecule has 1 aliphatic heterocycles. The van der Waals surface area contributed by atoms with Gasteiger partial charge in [-0.1, -0.05) is 147 Å². The highest BCUT2D eigenvalue weighted by molar-refractivity contribution is 6.99. The topological polar surface area (TPSA) is 132 Å². The molecule has 6 rings (SSSR count). The van der Waals surface area contributed by atoms with Gasteiger partial charge in [-0.25, -0.2) is 4.79 Å². The Morgan fingerprint density at radius 2 is 1.39 bits per heavy atom. The van der Waals surface area contributed by atoms with Gasteiger partial charge in [-0.3, -0.25) is 0 Å². The number of azide groups is 1. The van der Waals surface area contributed by atoms with Crippen molar-refractivity contribution in [1.82, 2.24) is 0 Å². The first-order chi connectivity index (χ1) is 26.2. The molecule has 0 aliphatic carbocycles. The van der Waals surface area contributed by atoms with Gasteiger partial charge < -0.3 is 28.5 Å². The van der Waals surface area contributed by atoms with Crippen molar-refractivity contribution >= 4 is 24.7 Å². The first-order valence-electron chi connectivity index (χ1n) is 17.9. The normalized spacial score (nSPS) is 20.1. The number of hydrogen-bond donors (Lipinski definition) is 1. The van der Waals surface area contributed by atoms with E-state index in [-0.39, 0.29) is 18.3 Å². The lowest BCUT2D eigenvalue weighted by Crippen LogP contribution is -2.68. The molecule has 1 aliphatic rings. The van der Waals surface area contributed by atoms with Gasteiger partial charge in [0.15, 0.2) is 12.4 Å². The Bertz CT molecular complexity index is 1980. The third-order valence-electron chi connectivity index (χ3n) is 9.78.